The topological polar surface area (TPSA) is 76.0 Å². The molecule has 0 radical (unpaired) electrons. The number of aryl methyl sites for hydroxylation is 2. The van der Waals surface area contributed by atoms with E-state index < -0.39 is 6.04 Å². The number of halogens is 1. The van der Waals surface area contributed by atoms with Crippen LogP contribution >= 0.6 is 11.6 Å². The number of amides is 2. The van der Waals surface area contributed by atoms with E-state index in [2.05, 4.69) is 15.7 Å². The first-order valence-electron chi connectivity index (χ1n) is 9.46. The molecule has 6 nitrogen and oxygen atoms in total. The van der Waals surface area contributed by atoms with E-state index in [1.165, 1.54) is 0 Å². The van der Waals surface area contributed by atoms with Crippen LogP contribution in [0, 0.1) is 0 Å². The van der Waals surface area contributed by atoms with Crippen LogP contribution in [0.2, 0.25) is 5.02 Å². The Kier molecular flexibility index (Phi) is 5.36. The van der Waals surface area contributed by atoms with Crippen molar-refractivity contribution < 1.29 is 9.59 Å². The van der Waals surface area contributed by atoms with Gasteiger partial charge in [-0.15, -0.1) is 0 Å². The van der Waals surface area contributed by atoms with Gasteiger partial charge in [0.25, 0.3) is 5.91 Å². The van der Waals surface area contributed by atoms with Crippen molar-refractivity contribution in [1.29, 1.82) is 0 Å². The number of fused-ring (bicyclic) bond motifs is 1. The Bertz CT molecular complexity index is 1060. The lowest BCUT2D eigenvalue weighted by Gasteiger charge is -2.15. The van der Waals surface area contributed by atoms with Crippen LogP contribution in [0.3, 0.4) is 0 Å². The summed E-state index contributed by atoms with van der Waals surface area (Å²) in [6.45, 7) is 0. The van der Waals surface area contributed by atoms with E-state index in [-0.39, 0.29) is 11.8 Å². The van der Waals surface area contributed by atoms with E-state index >= 15 is 0 Å². The third-order valence-electron chi connectivity index (χ3n) is 5.05. The molecule has 0 saturated carbocycles. The SMILES string of the molecule is Cn1nc(Cc2ccccc2)cc1C(=O)N[C@H]1CCc2ccc(Cl)cc2NC1=O. The number of nitrogens with zero attached hydrogens (tertiary/aromatic N) is 2. The third-order valence-corrected chi connectivity index (χ3v) is 5.28. The van der Waals surface area contributed by atoms with Gasteiger partial charge in [0.05, 0.1) is 5.69 Å². The first kappa shape index (κ1) is 19.2. The van der Waals surface area contributed by atoms with Gasteiger partial charge in [-0.1, -0.05) is 48.0 Å². The second kappa shape index (κ2) is 8.09. The lowest BCUT2D eigenvalue weighted by Crippen LogP contribution is -2.43. The van der Waals surface area contributed by atoms with E-state index in [0.717, 1.165) is 16.8 Å². The molecule has 7 heteroatoms. The lowest BCUT2D eigenvalue weighted by molar-refractivity contribution is -0.118. The number of hydrogen-bond acceptors (Lipinski definition) is 3. The van der Waals surface area contributed by atoms with E-state index in [9.17, 15) is 9.59 Å². The molecule has 3 aromatic rings. The third kappa shape index (κ3) is 4.32. The molecule has 2 aromatic carbocycles. The zero-order chi connectivity index (χ0) is 20.4. The van der Waals surface area contributed by atoms with Crippen molar-refractivity contribution in [2.24, 2.45) is 7.05 Å². The standard InChI is InChI=1S/C22H21ClN4O2/c1-27-20(13-17(26-27)11-14-5-3-2-4-6-14)22(29)24-18-10-8-15-7-9-16(23)12-19(15)25-21(18)28/h2-7,9,12-13,18H,8,10-11H2,1H3,(H,24,29)(H,25,28)/t18-/m0/s1. The van der Waals surface area contributed by atoms with Crippen molar-refractivity contribution in [3.63, 3.8) is 0 Å². The predicted octanol–water partition coefficient (Wildman–Crippen LogP) is 3.35. The normalized spacial score (nSPS) is 15.9. The summed E-state index contributed by atoms with van der Waals surface area (Å²) >= 11 is 6.03. The molecule has 2 amide bonds. The van der Waals surface area contributed by atoms with Gasteiger partial charge in [0.2, 0.25) is 5.91 Å². The number of carbonyl (C=O) groups is 2. The van der Waals surface area contributed by atoms with Crippen LogP contribution in [-0.4, -0.2) is 27.6 Å². The molecule has 0 saturated heterocycles. The molecule has 0 unspecified atom stereocenters. The zero-order valence-electron chi connectivity index (χ0n) is 16.0. The molecule has 1 aliphatic heterocycles. The van der Waals surface area contributed by atoms with Crippen molar-refractivity contribution in [3.05, 3.63) is 82.1 Å². The molecule has 0 aliphatic carbocycles. The molecule has 148 valence electrons. The lowest BCUT2D eigenvalue weighted by atomic mass is 10.1. The highest BCUT2D eigenvalue weighted by atomic mass is 35.5. The van der Waals surface area contributed by atoms with Crippen molar-refractivity contribution in [1.82, 2.24) is 15.1 Å². The van der Waals surface area contributed by atoms with Crippen LogP contribution in [-0.2, 0) is 24.7 Å². The Morgan fingerprint density at radius 3 is 2.83 bits per heavy atom. The summed E-state index contributed by atoms with van der Waals surface area (Å²) in [7, 11) is 1.73. The highest BCUT2D eigenvalue weighted by Crippen LogP contribution is 2.25. The molecule has 0 spiro atoms. The van der Waals surface area contributed by atoms with Crippen LogP contribution in [0.4, 0.5) is 5.69 Å². The summed E-state index contributed by atoms with van der Waals surface area (Å²) in [6, 6.07) is 16.5. The molecule has 1 atom stereocenters. The largest absolute Gasteiger partial charge is 0.339 e. The molecule has 0 bridgehead atoms. The van der Waals surface area contributed by atoms with E-state index in [0.29, 0.717) is 35.7 Å². The second-order valence-corrected chi connectivity index (χ2v) is 7.60. The quantitative estimate of drug-likeness (QED) is 0.695. The highest BCUT2D eigenvalue weighted by molar-refractivity contribution is 6.31. The number of carbonyl (C=O) groups excluding carboxylic acids is 2. The first-order chi connectivity index (χ1) is 14.0. The van der Waals surface area contributed by atoms with Gasteiger partial charge >= 0.3 is 0 Å². The number of anilines is 1. The van der Waals surface area contributed by atoms with E-state index in [4.69, 9.17) is 11.6 Å². The van der Waals surface area contributed by atoms with Crippen molar-refractivity contribution in [2.75, 3.05) is 5.32 Å². The molecule has 4 rings (SSSR count). The molecule has 0 fully saturated rings. The average molecular weight is 409 g/mol. The minimum absolute atomic E-state index is 0.244. The number of rotatable bonds is 4. The van der Waals surface area contributed by atoms with Gasteiger partial charge < -0.3 is 10.6 Å². The van der Waals surface area contributed by atoms with Gasteiger partial charge in [0, 0.05) is 24.2 Å². The van der Waals surface area contributed by atoms with Crippen LogP contribution in [0.1, 0.15) is 33.7 Å². The summed E-state index contributed by atoms with van der Waals surface area (Å²) in [5.41, 5.74) is 4.05. The Labute approximate surface area is 173 Å². The number of hydrogen-bond donors (Lipinski definition) is 2. The summed E-state index contributed by atoms with van der Waals surface area (Å²) < 4.78 is 1.55. The van der Waals surface area contributed by atoms with E-state index in [1.54, 1.807) is 29.9 Å². The van der Waals surface area contributed by atoms with Gasteiger partial charge in [0.1, 0.15) is 11.7 Å². The summed E-state index contributed by atoms with van der Waals surface area (Å²) in [4.78, 5) is 25.4. The second-order valence-electron chi connectivity index (χ2n) is 7.16. The molecule has 2 N–H and O–H groups in total. The molecular weight excluding hydrogens is 388 g/mol. The van der Waals surface area contributed by atoms with Gasteiger partial charge in [0.15, 0.2) is 0 Å². The van der Waals surface area contributed by atoms with Crippen LogP contribution in [0.15, 0.2) is 54.6 Å². The monoisotopic (exact) mass is 408 g/mol. The minimum atomic E-state index is -0.624. The molecule has 1 aliphatic rings. The smallest absolute Gasteiger partial charge is 0.270 e. The molecule has 1 aromatic heterocycles. The Hall–Kier alpha value is -3.12. The van der Waals surface area contributed by atoms with Gasteiger partial charge in [-0.05, 0) is 42.2 Å². The minimum Gasteiger partial charge on any atom is -0.339 e. The molecule has 2 heterocycles. The van der Waals surface area contributed by atoms with Crippen LogP contribution in [0.25, 0.3) is 0 Å². The summed E-state index contributed by atoms with van der Waals surface area (Å²) in [5, 5.41) is 10.7. The van der Waals surface area contributed by atoms with Crippen LogP contribution in [0.5, 0.6) is 0 Å². The van der Waals surface area contributed by atoms with Crippen molar-refractivity contribution >= 4 is 29.1 Å². The fourth-order valence-corrected chi connectivity index (χ4v) is 3.71. The fraction of sp³-hybridized carbons (Fsp3) is 0.227. The average Bonchev–Trinajstić information content (AvgIpc) is 2.99. The van der Waals surface area contributed by atoms with Gasteiger partial charge in [-0.25, -0.2) is 0 Å². The zero-order valence-corrected chi connectivity index (χ0v) is 16.7. The maximum Gasteiger partial charge on any atom is 0.270 e. The number of benzene rings is 2. The maximum atomic E-state index is 12.8. The summed E-state index contributed by atoms with van der Waals surface area (Å²) in [6.07, 6.45) is 1.82. The Morgan fingerprint density at radius 2 is 2.03 bits per heavy atom. The van der Waals surface area contributed by atoms with Gasteiger partial charge in [-0.3, -0.25) is 14.3 Å². The van der Waals surface area contributed by atoms with Gasteiger partial charge in [-0.2, -0.15) is 5.10 Å². The first-order valence-corrected chi connectivity index (χ1v) is 9.84. The highest BCUT2D eigenvalue weighted by Gasteiger charge is 2.26. The fourth-order valence-electron chi connectivity index (χ4n) is 3.53. The maximum absolute atomic E-state index is 12.8. The van der Waals surface area contributed by atoms with Crippen LogP contribution < -0.4 is 10.6 Å². The Morgan fingerprint density at radius 1 is 1.24 bits per heavy atom. The summed E-state index contributed by atoms with van der Waals surface area (Å²) in [5.74, 6) is -0.561. The van der Waals surface area contributed by atoms with E-state index in [1.807, 2.05) is 36.4 Å². The van der Waals surface area contributed by atoms with Crippen molar-refractivity contribution in [3.8, 4) is 0 Å². The molecule has 29 heavy (non-hydrogen) atoms. The number of nitrogens with one attached hydrogen (secondary N) is 2. The van der Waals surface area contributed by atoms with Crippen molar-refractivity contribution in [2.45, 2.75) is 25.3 Å². The molecular formula is C22H21ClN4O2. The number of aromatic nitrogens is 2. The predicted molar refractivity (Wildman–Crippen MR) is 112 cm³/mol. The Balaban J connectivity index is 1.46.